The Morgan fingerprint density at radius 3 is 2.59 bits per heavy atom. The molecule has 6 nitrogen and oxygen atoms in total. The number of rotatable bonds is 5. The predicted octanol–water partition coefficient (Wildman–Crippen LogP) is 2.02. The normalized spacial score (nSPS) is 24.1. The lowest BCUT2D eigenvalue weighted by atomic mass is 9.93. The number of ether oxygens (including phenoxy) is 2. The van der Waals surface area contributed by atoms with Crippen molar-refractivity contribution < 1.29 is 19.4 Å². The van der Waals surface area contributed by atoms with Gasteiger partial charge in [-0.15, -0.1) is 0 Å². The van der Waals surface area contributed by atoms with Gasteiger partial charge in [0.2, 0.25) is 5.91 Å². The van der Waals surface area contributed by atoms with Crippen LogP contribution in [-0.2, 0) is 9.53 Å². The van der Waals surface area contributed by atoms with Crippen LogP contribution in [0.3, 0.4) is 0 Å². The number of aryl methyl sites for hydroxylation is 2. The molecule has 27 heavy (non-hydrogen) atoms. The summed E-state index contributed by atoms with van der Waals surface area (Å²) >= 11 is 6.20. The Bertz CT molecular complexity index is 655. The number of likely N-dealkylation sites (tertiary alicyclic amines) is 1. The van der Waals surface area contributed by atoms with Crippen molar-refractivity contribution in [2.24, 2.45) is 0 Å². The van der Waals surface area contributed by atoms with Gasteiger partial charge in [-0.3, -0.25) is 9.69 Å². The first-order valence-corrected chi connectivity index (χ1v) is 9.94. The molecule has 1 amide bonds. The average molecular weight is 397 g/mol. The molecule has 2 aliphatic rings. The van der Waals surface area contributed by atoms with Gasteiger partial charge in [0.15, 0.2) is 0 Å². The summed E-state index contributed by atoms with van der Waals surface area (Å²) in [7, 11) is 0. The number of halogens is 1. The molecule has 2 heterocycles. The van der Waals surface area contributed by atoms with Crippen LogP contribution in [0.1, 0.15) is 24.0 Å². The van der Waals surface area contributed by atoms with Crippen LogP contribution in [0.4, 0.5) is 0 Å². The van der Waals surface area contributed by atoms with Gasteiger partial charge in [0.05, 0.1) is 19.8 Å². The van der Waals surface area contributed by atoms with E-state index in [1.807, 2.05) is 35.8 Å². The van der Waals surface area contributed by atoms with Crippen LogP contribution >= 0.6 is 11.6 Å². The third-order valence-electron chi connectivity index (χ3n) is 5.27. The van der Waals surface area contributed by atoms with Crippen molar-refractivity contribution in [1.82, 2.24) is 9.80 Å². The van der Waals surface area contributed by atoms with Crippen molar-refractivity contribution in [1.29, 1.82) is 0 Å². The second kappa shape index (κ2) is 8.78. The minimum Gasteiger partial charge on any atom is -0.491 e. The number of carbonyl (C=O) groups is 1. The van der Waals surface area contributed by atoms with Gasteiger partial charge in [-0.1, -0.05) is 11.6 Å². The maximum atomic E-state index is 12.5. The van der Waals surface area contributed by atoms with E-state index < -0.39 is 5.60 Å². The van der Waals surface area contributed by atoms with Gasteiger partial charge in [0.25, 0.3) is 0 Å². The van der Waals surface area contributed by atoms with Crippen LogP contribution < -0.4 is 4.74 Å². The lowest BCUT2D eigenvalue weighted by molar-refractivity contribution is -0.138. The maximum Gasteiger partial charge on any atom is 0.236 e. The van der Waals surface area contributed by atoms with E-state index in [2.05, 4.69) is 0 Å². The zero-order chi connectivity index (χ0) is 19.4. The van der Waals surface area contributed by atoms with Crippen molar-refractivity contribution in [3.8, 4) is 5.75 Å². The van der Waals surface area contributed by atoms with E-state index in [0.717, 1.165) is 29.1 Å². The quantitative estimate of drug-likeness (QED) is 0.825. The molecule has 0 aliphatic carbocycles. The fourth-order valence-electron chi connectivity index (χ4n) is 3.77. The molecular weight excluding hydrogens is 368 g/mol. The Balaban J connectivity index is 1.55. The summed E-state index contributed by atoms with van der Waals surface area (Å²) in [6.45, 7) is 8.17. The van der Waals surface area contributed by atoms with Gasteiger partial charge in [-0.2, -0.15) is 0 Å². The Kier molecular flexibility index (Phi) is 6.63. The lowest BCUT2D eigenvalue weighted by Crippen LogP contribution is -2.54. The molecule has 1 aromatic rings. The molecule has 1 atom stereocenters. The van der Waals surface area contributed by atoms with Crippen LogP contribution in [0.15, 0.2) is 12.1 Å². The first-order valence-electron chi connectivity index (χ1n) is 9.56. The molecule has 0 aromatic heterocycles. The molecule has 0 bridgehead atoms. The summed E-state index contributed by atoms with van der Waals surface area (Å²) in [5.41, 5.74) is 0.963. The molecule has 2 aliphatic heterocycles. The van der Waals surface area contributed by atoms with E-state index in [1.165, 1.54) is 0 Å². The summed E-state index contributed by atoms with van der Waals surface area (Å²) in [5, 5.41) is 11.7. The van der Waals surface area contributed by atoms with Gasteiger partial charge in [-0.25, -0.2) is 0 Å². The van der Waals surface area contributed by atoms with Crippen molar-refractivity contribution in [2.75, 3.05) is 52.5 Å². The van der Waals surface area contributed by atoms with E-state index in [-0.39, 0.29) is 12.5 Å². The first-order chi connectivity index (χ1) is 12.9. The van der Waals surface area contributed by atoms with E-state index in [1.54, 1.807) is 0 Å². The smallest absolute Gasteiger partial charge is 0.236 e. The number of amides is 1. The molecule has 1 N–H and O–H groups in total. The molecule has 0 radical (unpaired) electrons. The highest BCUT2D eigenvalue weighted by atomic mass is 35.5. The third kappa shape index (κ3) is 5.35. The minimum absolute atomic E-state index is 0.104. The largest absolute Gasteiger partial charge is 0.491 e. The number of benzene rings is 1. The van der Waals surface area contributed by atoms with E-state index in [4.69, 9.17) is 21.1 Å². The van der Waals surface area contributed by atoms with Crippen LogP contribution in [0.25, 0.3) is 0 Å². The Hall–Kier alpha value is -1.34. The number of morpholine rings is 1. The van der Waals surface area contributed by atoms with E-state index in [9.17, 15) is 9.90 Å². The van der Waals surface area contributed by atoms with Crippen LogP contribution in [0.5, 0.6) is 5.75 Å². The lowest BCUT2D eigenvalue weighted by Gasteiger charge is -2.39. The van der Waals surface area contributed by atoms with Crippen LogP contribution in [0.2, 0.25) is 5.02 Å². The first kappa shape index (κ1) is 20.4. The van der Waals surface area contributed by atoms with Crippen molar-refractivity contribution in [2.45, 2.75) is 32.3 Å². The SMILES string of the molecule is Cc1cc(OCC2(O)CCCN(CC(=O)N3CCOCC3)C2)cc(C)c1Cl. The molecule has 3 rings (SSSR count). The standard InChI is InChI=1S/C20H29ClN2O4/c1-15-10-17(11-16(2)19(15)21)27-14-20(25)4-3-5-22(13-20)12-18(24)23-6-8-26-9-7-23/h10-11,25H,3-9,12-14H2,1-2H3. The van der Waals surface area contributed by atoms with E-state index >= 15 is 0 Å². The molecule has 0 saturated carbocycles. The summed E-state index contributed by atoms with van der Waals surface area (Å²) in [5.74, 6) is 0.816. The monoisotopic (exact) mass is 396 g/mol. The summed E-state index contributed by atoms with van der Waals surface area (Å²) in [6.07, 6.45) is 1.51. The van der Waals surface area contributed by atoms with Crippen LogP contribution in [0, 0.1) is 13.8 Å². The van der Waals surface area contributed by atoms with Gasteiger partial charge in [-0.05, 0) is 56.5 Å². The molecule has 2 saturated heterocycles. The van der Waals surface area contributed by atoms with Crippen molar-refractivity contribution in [3.63, 3.8) is 0 Å². The molecular formula is C20H29ClN2O4. The Labute approximate surface area is 166 Å². The number of piperidine rings is 1. The van der Waals surface area contributed by atoms with Gasteiger partial charge in [0, 0.05) is 24.7 Å². The van der Waals surface area contributed by atoms with Gasteiger partial charge in [0.1, 0.15) is 18.0 Å². The highest BCUT2D eigenvalue weighted by Crippen LogP contribution is 2.28. The minimum atomic E-state index is -0.953. The average Bonchev–Trinajstić information content (AvgIpc) is 2.65. The zero-order valence-electron chi connectivity index (χ0n) is 16.2. The molecule has 2 fully saturated rings. The molecule has 7 heteroatoms. The fourth-order valence-corrected chi connectivity index (χ4v) is 3.88. The second-order valence-electron chi connectivity index (χ2n) is 7.69. The maximum absolute atomic E-state index is 12.5. The van der Waals surface area contributed by atoms with E-state index in [0.29, 0.717) is 51.6 Å². The number of aliphatic hydroxyl groups is 1. The molecule has 0 spiro atoms. The zero-order valence-corrected chi connectivity index (χ0v) is 16.9. The number of hydrogen-bond acceptors (Lipinski definition) is 5. The second-order valence-corrected chi connectivity index (χ2v) is 8.07. The fraction of sp³-hybridized carbons (Fsp3) is 0.650. The molecule has 1 aromatic carbocycles. The van der Waals surface area contributed by atoms with Crippen LogP contribution in [-0.4, -0.2) is 79.0 Å². The molecule has 150 valence electrons. The summed E-state index contributed by atoms with van der Waals surface area (Å²) < 4.78 is 11.2. The number of nitrogens with zero attached hydrogens (tertiary/aromatic N) is 2. The van der Waals surface area contributed by atoms with Gasteiger partial charge < -0.3 is 19.5 Å². The van der Waals surface area contributed by atoms with Crippen molar-refractivity contribution >= 4 is 17.5 Å². The summed E-state index contributed by atoms with van der Waals surface area (Å²) in [4.78, 5) is 16.3. The van der Waals surface area contributed by atoms with Gasteiger partial charge >= 0.3 is 0 Å². The number of hydrogen-bond donors (Lipinski definition) is 1. The highest BCUT2D eigenvalue weighted by Gasteiger charge is 2.35. The predicted molar refractivity (Wildman–Crippen MR) is 104 cm³/mol. The topological polar surface area (TPSA) is 62.2 Å². The van der Waals surface area contributed by atoms with Crippen molar-refractivity contribution in [3.05, 3.63) is 28.3 Å². The highest BCUT2D eigenvalue weighted by molar-refractivity contribution is 6.32. The summed E-state index contributed by atoms with van der Waals surface area (Å²) in [6, 6.07) is 3.78. The number of β-amino-alcohol motifs (C(OH)–C–C–N with tert-alkyl or cyclic N) is 1. The Morgan fingerprint density at radius 1 is 1.26 bits per heavy atom. The third-order valence-corrected chi connectivity index (χ3v) is 5.87. The Morgan fingerprint density at radius 2 is 1.93 bits per heavy atom. The number of carbonyl (C=O) groups excluding carboxylic acids is 1. The molecule has 1 unspecified atom stereocenters.